The van der Waals surface area contributed by atoms with E-state index < -0.39 is 0 Å². The average molecular weight is 481 g/mol. The number of aromatic nitrogens is 4. The number of carbonyl (C=O) groups is 1. The fraction of sp³-hybridized carbons (Fsp3) is 0.615. The molecular formula is C26H33ClN6O. The Hall–Kier alpha value is -2.41. The van der Waals surface area contributed by atoms with E-state index in [1.54, 1.807) is 0 Å². The van der Waals surface area contributed by atoms with E-state index in [9.17, 15) is 4.79 Å². The molecule has 1 saturated heterocycles. The highest BCUT2D eigenvalue weighted by atomic mass is 35.5. The molecule has 0 N–H and O–H groups in total. The normalized spacial score (nSPS) is 22.8. The Labute approximate surface area is 205 Å². The number of anilines is 1. The Kier molecular flexibility index (Phi) is 5.84. The van der Waals surface area contributed by atoms with Crippen LogP contribution in [0.3, 0.4) is 0 Å². The first-order valence-electron chi connectivity index (χ1n) is 13.0. The van der Waals surface area contributed by atoms with E-state index in [0.717, 1.165) is 73.6 Å². The molecular weight excluding hydrogens is 448 g/mol. The molecule has 8 heteroatoms. The van der Waals surface area contributed by atoms with Gasteiger partial charge in [0.15, 0.2) is 5.65 Å². The predicted octanol–water partition coefficient (Wildman–Crippen LogP) is 5.21. The lowest BCUT2D eigenvalue weighted by Crippen LogP contribution is -2.55. The van der Waals surface area contributed by atoms with E-state index in [0.29, 0.717) is 16.8 Å². The number of hydrogen-bond acceptors (Lipinski definition) is 5. The summed E-state index contributed by atoms with van der Waals surface area (Å²) in [5.41, 5.74) is 1.70. The van der Waals surface area contributed by atoms with Gasteiger partial charge in [-0.05, 0) is 50.8 Å². The Morgan fingerprint density at radius 2 is 1.76 bits per heavy atom. The zero-order valence-corrected chi connectivity index (χ0v) is 20.7. The molecule has 1 amide bonds. The Bertz CT molecular complexity index is 1210. The molecule has 3 heterocycles. The second-order valence-electron chi connectivity index (χ2n) is 10.4. The van der Waals surface area contributed by atoms with Gasteiger partial charge in [-0.15, -0.1) is 10.2 Å². The standard InChI is InChI=1S/C26H33ClN6O/c1-17-16-31(13-14-32(17)25(34)19-9-5-6-10-19)26-28-22-15-20(27)11-12-21(22)24-30-29-23(33(24)26)18-7-3-2-4-8-18/h11-12,15,17-19H,2-10,13-14,16H2,1H3. The van der Waals surface area contributed by atoms with Crippen molar-refractivity contribution in [3.8, 4) is 0 Å². The van der Waals surface area contributed by atoms with Gasteiger partial charge in [0.1, 0.15) is 5.82 Å². The van der Waals surface area contributed by atoms with Crippen LogP contribution in [-0.2, 0) is 4.79 Å². The van der Waals surface area contributed by atoms with Crippen molar-refractivity contribution in [1.82, 2.24) is 24.5 Å². The monoisotopic (exact) mass is 480 g/mol. The minimum absolute atomic E-state index is 0.142. The number of piperazine rings is 1. The third-order valence-corrected chi connectivity index (χ3v) is 8.41. The van der Waals surface area contributed by atoms with Crippen LogP contribution in [0.1, 0.15) is 76.5 Å². The van der Waals surface area contributed by atoms with Crippen LogP contribution in [0.5, 0.6) is 0 Å². The van der Waals surface area contributed by atoms with Crippen LogP contribution < -0.4 is 4.90 Å². The summed E-state index contributed by atoms with van der Waals surface area (Å²) >= 11 is 6.33. The summed E-state index contributed by atoms with van der Waals surface area (Å²) in [5, 5.41) is 11.0. The first kappa shape index (κ1) is 22.1. The maximum absolute atomic E-state index is 13.1. The maximum Gasteiger partial charge on any atom is 0.226 e. The second kappa shape index (κ2) is 8.99. The van der Waals surface area contributed by atoms with Gasteiger partial charge in [-0.25, -0.2) is 9.38 Å². The Morgan fingerprint density at radius 3 is 2.53 bits per heavy atom. The van der Waals surface area contributed by atoms with Gasteiger partial charge in [0, 0.05) is 47.9 Å². The SMILES string of the molecule is CC1CN(c2nc3cc(Cl)ccc3c3nnc(C4CCCCC4)n23)CCN1C(=O)C1CCCC1. The molecule has 3 aromatic rings. The van der Waals surface area contributed by atoms with Gasteiger partial charge >= 0.3 is 0 Å². The average Bonchev–Trinajstić information content (AvgIpc) is 3.54. The number of carbonyl (C=O) groups excluding carboxylic acids is 1. The molecule has 3 fully saturated rings. The minimum atomic E-state index is 0.142. The number of rotatable bonds is 3. The van der Waals surface area contributed by atoms with E-state index in [4.69, 9.17) is 21.7 Å². The van der Waals surface area contributed by atoms with Gasteiger partial charge in [-0.2, -0.15) is 0 Å². The summed E-state index contributed by atoms with van der Waals surface area (Å²) in [5.74, 6) is 2.90. The van der Waals surface area contributed by atoms with Gasteiger partial charge in [0.05, 0.1) is 5.52 Å². The van der Waals surface area contributed by atoms with Crippen LogP contribution in [0.15, 0.2) is 18.2 Å². The van der Waals surface area contributed by atoms with Crippen molar-refractivity contribution >= 4 is 40.0 Å². The van der Waals surface area contributed by atoms with E-state index in [1.807, 2.05) is 18.2 Å². The van der Waals surface area contributed by atoms with Gasteiger partial charge in [0.25, 0.3) is 0 Å². The topological polar surface area (TPSA) is 66.6 Å². The molecule has 34 heavy (non-hydrogen) atoms. The predicted molar refractivity (Wildman–Crippen MR) is 134 cm³/mol. The van der Waals surface area contributed by atoms with E-state index >= 15 is 0 Å². The van der Waals surface area contributed by atoms with Crippen LogP contribution >= 0.6 is 11.6 Å². The Morgan fingerprint density at radius 1 is 1.00 bits per heavy atom. The van der Waals surface area contributed by atoms with Crippen molar-refractivity contribution in [1.29, 1.82) is 0 Å². The highest BCUT2D eigenvalue weighted by Gasteiger charge is 2.35. The zero-order valence-electron chi connectivity index (χ0n) is 19.9. The molecule has 7 nitrogen and oxygen atoms in total. The lowest BCUT2D eigenvalue weighted by atomic mass is 9.89. The molecule has 0 bridgehead atoms. The minimum Gasteiger partial charge on any atom is -0.338 e. The maximum atomic E-state index is 13.1. The third-order valence-electron chi connectivity index (χ3n) is 8.18. The summed E-state index contributed by atoms with van der Waals surface area (Å²) in [7, 11) is 0. The molecule has 3 aliphatic rings. The highest BCUT2D eigenvalue weighted by molar-refractivity contribution is 6.31. The van der Waals surface area contributed by atoms with Crippen LogP contribution in [0.4, 0.5) is 5.95 Å². The van der Waals surface area contributed by atoms with Gasteiger partial charge in [-0.1, -0.05) is 43.7 Å². The van der Waals surface area contributed by atoms with Crippen molar-refractivity contribution in [2.45, 2.75) is 76.7 Å². The molecule has 0 spiro atoms. The van der Waals surface area contributed by atoms with Crippen molar-refractivity contribution in [3.05, 3.63) is 29.0 Å². The molecule has 1 unspecified atom stereocenters. The molecule has 1 atom stereocenters. The largest absolute Gasteiger partial charge is 0.338 e. The summed E-state index contributed by atoms with van der Waals surface area (Å²) in [6.07, 6.45) is 10.5. The lowest BCUT2D eigenvalue weighted by molar-refractivity contribution is -0.137. The van der Waals surface area contributed by atoms with Gasteiger partial charge < -0.3 is 9.80 Å². The fourth-order valence-corrected chi connectivity index (χ4v) is 6.49. The summed E-state index contributed by atoms with van der Waals surface area (Å²) in [6.45, 7) is 4.42. The van der Waals surface area contributed by atoms with Crippen LogP contribution in [-0.4, -0.2) is 56.1 Å². The molecule has 180 valence electrons. The number of amides is 1. The van der Waals surface area contributed by atoms with Crippen LogP contribution in [0.25, 0.3) is 16.6 Å². The smallest absolute Gasteiger partial charge is 0.226 e. The lowest BCUT2D eigenvalue weighted by Gasteiger charge is -2.41. The molecule has 6 rings (SSSR count). The zero-order chi connectivity index (χ0) is 23.2. The molecule has 1 aromatic carbocycles. The number of nitrogens with zero attached hydrogens (tertiary/aromatic N) is 6. The van der Waals surface area contributed by atoms with Gasteiger partial charge in [0.2, 0.25) is 11.9 Å². The number of benzene rings is 1. The van der Waals surface area contributed by atoms with Crippen LogP contribution in [0, 0.1) is 5.92 Å². The Balaban J connectivity index is 1.39. The summed E-state index contributed by atoms with van der Waals surface area (Å²) < 4.78 is 2.20. The second-order valence-corrected chi connectivity index (χ2v) is 10.9. The van der Waals surface area contributed by atoms with Crippen molar-refractivity contribution in [2.24, 2.45) is 5.92 Å². The molecule has 2 saturated carbocycles. The van der Waals surface area contributed by atoms with E-state index in [1.165, 1.54) is 32.1 Å². The van der Waals surface area contributed by atoms with Crippen molar-refractivity contribution < 1.29 is 4.79 Å². The first-order chi connectivity index (χ1) is 16.6. The van der Waals surface area contributed by atoms with E-state index in [2.05, 4.69) is 26.2 Å². The number of halogens is 1. The highest BCUT2D eigenvalue weighted by Crippen LogP contribution is 2.36. The van der Waals surface area contributed by atoms with Crippen molar-refractivity contribution in [2.75, 3.05) is 24.5 Å². The van der Waals surface area contributed by atoms with Gasteiger partial charge in [-0.3, -0.25) is 4.79 Å². The van der Waals surface area contributed by atoms with Crippen molar-refractivity contribution in [3.63, 3.8) is 0 Å². The number of fused-ring (bicyclic) bond motifs is 3. The molecule has 2 aromatic heterocycles. The third kappa shape index (κ3) is 3.82. The quantitative estimate of drug-likeness (QED) is 0.515. The van der Waals surface area contributed by atoms with E-state index in [-0.39, 0.29) is 12.0 Å². The molecule has 0 radical (unpaired) electrons. The number of hydrogen-bond donors (Lipinski definition) is 0. The fourth-order valence-electron chi connectivity index (χ4n) is 6.32. The van der Waals surface area contributed by atoms with Crippen LogP contribution in [0.2, 0.25) is 5.02 Å². The first-order valence-corrected chi connectivity index (χ1v) is 13.4. The molecule has 1 aliphatic heterocycles. The molecule has 2 aliphatic carbocycles. The summed E-state index contributed by atoms with van der Waals surface area (Å²) in [6, 6.07) is 5.96. The summed E-state index contributed by atoms with van der Waals surface area (Å²) in [4.78, 5) is 22.7.